The Bertz CT molecular complexity index is 647. The standard InChI is InChI=1S/C13H11BrClN3O2/c1-8-4-13(18(19)20)11(15)5-12(8)17-7-10-3-2-9(14)6-16-10/h2-6,17H,7H2,1H3. The quantitative estimate of drug-likeness (QED) is 0.654. The van der Waals surface area contributed by atoms with Crippen molar-refractivity contribution in [2.24, 2.45) is 0 Å². The highest BCUT2D eigenvalue weighted by Crippen LogP contribution is 2.30. The molecule has 0 aliphatic carbocycles. The van der Waals surface area contributed by atoms with E-state index < -0.39 is 4.92 Å². The van der Waals surface area contributed by atoms with Crippen LogP contribution in [-0.2, 0) is 6.54 Å². The normalized spacial score (nSPS) is 10.3. The number of nitro groups is 1. The zero-order valence-corrected chi connectivity index (χ0v) is 12.9. The molecular weight excluding hydrogens is 346 g/mol. The smallest absolute Gasteiger partial charge is 0.288 e. The Morgan fingerprint density at radius 1 is 1.45 bits per heavy atom. The van der Waals surface area contributed by atoms with Crippen LogP contribution in [0.15, 0.2) is 34.9 Å². The van der Waals surface area contributed by atoms with Crippen LogP contribution >= 0.6 is 27.5 Å². The number of halogens is 2. The number of hydrogen-bond donors (Lipinski definition) is 1. The van der Waals surface area contributed by atoms with E-state index in [1.807, 2.05) is 12.1 Å². The van der Waals surface area contributed by atoms with E-state index in [0.29, 0.717) is 6.54 Å². The van der Waals surface area contributed by atoms with Gasteiger partial charge in [-0.25, -0.2) is 0 Å². The van der Waals surface area contributed by atoms with Crippen molar-refractivity contribution in [2.45, 2.75) is 13.5 Å². The van der Waals surface area contributed by atoms with Gasteiger partial charge in [-0.3, -0.25) is 15.1 Å². The van der Waals surface area contributed by atoms with Crippen LogP contribution in [0.5, 0.6) is 0 Å². The molecule has 2 aromatic rings. The fraction of sp³-hybridized carbons (Fsp3) is 0.154. The molecule has 1 heterocycles. The van der Waals surface area contributed by atoms with E-state index in [0.717, 1.165) is 21.4 Å². The lowest BCUT2D eigenvalue weighted by Crippen LogP contribution is -2.03. The summed E-state index contributed by atoms with van der Waals surface area (Å²) in [5.74, 6) is 0. The maximum Gasteiger partial charge on any atom is 0.288 e. The third-order valence-electron chi connectivity index (χ3n) is 2.74. The summed E-state index contributed by atoms with van der Waals surface area (Å²) in [5, 5.41) is 14.1. The number of aromatic nitrogens is 1. The third kappa shape index (κ3) is 3.46. The van der Waals surface area contributed by atoms with E-state index in [1.165, 1.54) is 6.07 Å². The zero-order valence-electron chi connectivity index (χ0n) is 10.6. The lowest BCUT2D eigenvalue weighted by atomic mass is 10.1. The fourth-order valence-electron chi connectivity index (χ4n) is 1.69. The van der Waals surface area contributed by atoms with Crippen LogP contribution in [0.2, 0.25) is 5.02 Å². The van der Waals surface area contributed by atoms with Crippen molar-refractivity contribution in [3.8, 4) is 0 Å². The summed E-state index contributed by atoms with van der Waals surface area (Å²) in [6.45, 7) is 2.31. The van der Waals surface area contributed by atoms with Crippen LogP contribution in [0.3, 0.4) is 0 Å². The van der Waals surface area contributed by atoms with Crippen LogP contribution in [0.25, 0.3) is 0 Å². The van der Waals surface area contributed by atoms with Crippen molar-refractivity contribution in [3.05, 3.63) is 61.3 Å². The number of nitro benzene ring substituents is 1. The van der Waals surface area contributed by atoms with E-state index in [9.17, 15) is 10.1 Å². The lowest BCUT2D eigenvalue weighted by Gasteiger charge is -2.10. The van der Waals surface area contributed by atoms with Gasteiger partial charge in [-0.05, 0) is 46.6 Å². The van der Waals surface area contributed by atoms with Gasteiger partial charge in [-0.1, -0.05) is 11.6 Å². The Balaban J connectivity index is 2.16. The first kappa shape index (κ1) is 14.7. The molecule has 2 rings (SSSR count). The van der Waals surface area contributed by atoms with Gasteiger partial charge in [0.2, 0.25) is 0 Å². The molecule has 1 aromatic heterocycles. The molecule has 1 N–H and O–H groups in total. The van der Waals surface area contributed by atoms with E-state index in [-0.39, 0.29) is 10.7 Å². The molecule has 0 atom stereocenters. The van der Waals surface area contributed by atoms with E-state index in [1.54, 1.807) is 19.2 Å². The molecule has 0 amide bonds. The average molecular weight is 357 g/mol. The predicted molar refractivity (Wildman–Crippen MR) is 82.1 cm³/mol. The molecule has 104 valence electrons. The van der Waals surface area contributed by atoms with Crippen molar-refractivity contribution in [1.82, 2.24) is 4.98 Å². The molecule has 0 radical (unpaired) electrons. The third-order valence-corrected chi connectivity index (χ3v) is 3.51. The average Bonchev–Trinajstić information content (AvgIpc) is 2.41. The van der Waals surface area contributed by atoms with Gasteiger partial charge in [0.15, 0.2) is 0 Å². The minimum Gasteiger partial charge on any atom is -0.379 e. The van der Waals surface area contributed by atoms with Gasteiger partial charge in [-0.15, -0.1) is 0 Å². The Labute approximate surface area is 129 Å². The van der Waals surface area contributed by atoms with Gasteiger partial charge in [0.05, 0.1) is 17.2 Å². The van der Waals surface area contributed by atoms with Crippen LogP contribution in [0.1, 0.15) is 11.3 Å². The number of benzene rings is 1. The second-order valence-corrected chi connectivity index (χ2v) is 5.52. The molecule has 0 spiro atoms. The minimum atomic E-state index is -0.491. The molecule has 0 saturated carbocycles. The monoisotopic (exact) mass is 355 g/mol. The first-order chi connectivity index (χ1) is 9.47. The number of hydrogen-bond acceptors (Lipinski definition) is 4. The molecule has 0 fully saturated rings. The lowest BCUT2D eigenvalue weighted by molar-refractivity contribution is -0.384. The molecule has 0 unspecified atom stereocenters. The summed E-state index contributed by atoms with van der Waals surface area (Å²) in [6.07, 6.45) is 1.71. The SMILES string of the molecule is Cc1cc([N+](=O)[O-])c(Cl)cc1NCc1ccc(Br)cn1. The summed E-state index contributed by atoms with van der Waals surface area (Å²) in [7, 11) is 0. The Hall–Kier alpha value is -1.66. The number of nitrogens with zero attached hydrogens (tertiary/aromatic N) is 2. The van der Waals surface area contributed by atoms with E-state index in [2.05, 4.69) is 26.2 Å². The van der Waals surface area contributed by atoms with Crippen LogP contribution < -0.4 is 5.32 Å². The van der Waals surface area contributed by atoms with E-state index >= 15 is 0 Å². The topological polar surface area (TPSA) is 68.1 Å². The van der Waals surface area contributed by atoms with Gasteiger partial charge in [0, 0.05) is 22.4 Å². The molecule has 7 heteroatoms. The number of pyridine rings is 1. The molecule has 1 aromatic carbocycles. The van der Waals surface area contributed by atoms with Crippen molar-refractivity contribution in [3.63, 3.8) is 0 Å². The van der Waals surface area contributed by atoms with Gasteiger partial charge < -0.3 is 5.32 Å². The van der Waals surface area contributed by atoms with Gasteiger partial charge in [-0.2, -0.15) is 0 Å². The molecule has 0 aliphatic heterocycles. The van der Waals surface area contributed by atoms with Gasteiger partial charge in [0.1, 0.15) is 5.02 Å². The van der Waals surface area contributed by atoms with Gasteiger partial charge >= 0.3 is 0 Å². The summed E-state index contributed by atoms with van der Waals surface area (Å²) < 4.78 is 0.913. The maximum atomic E-state index is 10.8. The fourth-order valence-corrected chi connectivity index (χ4v) is 2.16. The highest BCUT2D eigenvalue weighted by molar-refractivity contribution is 9.10. The number of anilines is 1. The molecule has 0 saturated heterocycles. The first-order valence-corrected chi connectivity index (χ1v) is 6.93. The first-order valence-electron chi connectivity index (χ1n) is 5.76. The minimum absolute atomic E-state index is 0.0866. The van der Waals surface area contributed by atoms with Crippen LogP contribution in [0, 0.1) is 17.0 Å². The Morgan fingerprint density at radius 2 is 2.20 bits per heavy atom. The van der Waals surface area contributed by atoms with Crippen molar-refractivity contribution in [2.75, 3.05) is 5.32 Å². The molecule has 5 nitrogen and oxygen atoms in total. The highest BCUT2D eigenvalue weighted by Gasteiger charge is 2.14. The van der Waals surface area contributed by atoms with Crippen molar-refractivity contribution in [1.29, 1.82) is 0 Å². The van der Waals surface area contributed by atoms with Crippen molar-refractivity contribution < 1.29 is 4.92 Å². The summed E-state index contributed by atoms with van der Waals surface area (Å²) in [6, 6.07) is 6.81. The largest absolute Gasteiger partial charge is 0.379 e. The summed E-state index contributed by atoms with van der Waals surface area (Å²) >= 11 is 9.22. The summed E-state index contributed by atoms with van der Waals surface area (Å²) in [5.41, 5.74) is 2.29. The molecular formula is C13H11BrClN3O2. The number of rotatable bonds is 4. The van der Waals surface area contributed by atoms with Crippen LogP contribution in [-0.4, -0.2) is 9.91 Å². The molecule has 20 heavy (non-hydrogen) atoms. The number of nitrogens with one attached hydrogen (secondary N) is 1. The predicted octanol–water partition coefficient (Wildman–Crippen LogP) is 4.33. The highest BCUT2D eigenvalue weighted by atomic mass is 79.9. The molecule has 0 aliphatic rings. The second kappa shape index (κ2) is 6.19. The Kier molecular flexibility index (Phi) is 4.57. The number of aryl methyl sites for hydroxylation is 1. The van der Waals surface area contributed by atoms with Gasteiger partial charge in [0.25, 0.3) is 5.69 Å². The van der Waals surface area contributed by atoms with Crippen LogP contribution in [0.4, 0.5) is 11.4 Å². The van der Waals surface area contributed by atoms with E-state index in [4.69, 9.17) is 11.6 Å². The Morgan fingerprint density at radius 3 is 2.80 bits per heavy atom. The van der Waals surface area contributed by atoms with Crippen molar-refractivity contribution >= 4 is 38.9 Å². The molecule has 0 bridgehead atoms. The maximum absolute atomic E-state index is 10.8. The summed E-state index contributed by atoms with van der Waals surface area (Å²) in [4.78, 5) is 14.5. The second-order valence-electron chi connectivity index (χ2n) is 4.20. The zero-order chi connectivity index (χ0) is 14.7.